The largest absolute Gasteiger partial charge is 0.444 e. The van der Waals surface area contributed by atoms with Gasteiger partial charge in [-0.1, -0.05) is 0 Å². The average Bonchev–Trinajstić information content (AvgIpc) is 2.00. The van der Waals surface area contributed by atoms with Gasteiger partial charge in [-0.3, -0.25) is 0 Å². The van der Waals surface area contributed by atoms with Gasteiger partial charge < -0.3 is 15.0 Å². The SMILES string of the molecule is CC(C)(C)OC(=O)N1C[C@H]2C[C@H](C1)N2. The van der Waals surface area contributed by atoms with Crippen LogP contribution in [0.5, 0.6) is 0 Å². The van der Waals surface area contributed by atoms with E-state index in [0.717, 1.165) is 13.1 Å². The van der Waals surface area contributed by atoms with E-state index in [1.165, 1.54) is 6.42 Å². The van der Waals surface area contributed by atoms with Crippen molar-refractivity contribution in [2.75, 3.05) is 13.1 Å². The summed E-state index contributed by atoms with van der Waals surface area (Å²) < 4.78 is 5.31. The predicted molar refractivity (Wildman–Crippen MR) is 53.1 cm³/mol. The van der Waals surface area contributed by atoms with Crippen LogP contribution in [0, 0.1) is 0 Å². The van der Waals surface area contributed by atoms with Crippen molar-refractivity contribution in [1.29, 1.82) is 0 Å². The molecule has 3 fully saturated rings. The maximum Gasteiger partial charge on any atom is 0.410 e. The second kappa shape index (κ2) is 3.12. The maximum atomic E-state index is 11.7. The van der Waals surface area contributed by atoms with Gasteiger partial charge in [-0.05, 0) is 27.2 Å². The number of ether oxygens (including phenoxy) is 1. The Morgan fingerprint density at radius 1 is 1.36 bits per heavy atom. The minimum Gasteiger partial charge on any atom is -0.444 e. The number of rotatable bonds is 0. The summed E-state index contributed by atoms with van der Waals surface area (Å²) in [4.78, 5) is 13.5. The Morgan fingerprint density at radius 2 is 1.86 bits per heavy atom. The number of fused-ring (bicyclic) bond motifs is 2. The van der Waals surface area contributed by atoms with Crippen LogP contribution < -0.4 is 5.32 Å². The van der Waals surface area contributed by atoms with Gasteiger partial charge in [0.05, 0.1) is 0 Å². The molecule has 3 aliphatic rings. The van der Waals surface area contributed by atoms with Crippen molar-refractivity contribution in [3.8, 4) is 0 Å². The van der Waals surface area contributed by atoms with Gasteiger partial charge in [0.25, 0.3) is 0 Å². The molecule has 2 bridgehead atoms. The van der Waals surface area contributed by atoms with Crippen molar-refractivity contribution in [3.63, 3.8) is 0 Å². The molecule has 2 atom stereocenters. The van der Waals surface area contributed by atoms with E-state index in [4.69, 9.17) is 4.74 Å². The third-order valence-corrected chi connectivity index (χ3v) is 2.57. The molecule has 3 saturated heterocycles. The molecule has 0 spiro atoms. The van der Waals surface area contributed by atoms with Crippen LogP contribution in [0.15, 0.2) is 0 Å². The predicted octanol–water partition coefficient (Wildman–Crippen LogP) is 0.968. The molecule has 4 nitrogen and oxygen atoms in total. The van der Waals surface area contributed by atoms with Gasteiger partial charge in [-0.15, -0.1) is 0 Å². The third-order valence-electron chi connectivity index (χ3n) is 2.57. The zero-order chi connectivity index (χ0) is 10.3. The van der Waals surface area contributed by atoms with Gasteiger partial charge in [0, 0.05) is 25.2 Å². The molecule has 1 N–H and O–H groups in total. The van der Waals surface area contributed by atoms with Gasteiger partial charge >= 0.3 is 6.09 Å². The summed E-state index contributed by atoms with van der Waals surface area (Å²) in [5.41, 5.74) is -0.383. The summed E-state index contributed by atoms with van der Waals surface area (Å²) >= 11 is 0. The number of piperazine rings is 1. The lowest BCUT2D eigenvalue weighted by Crippen LogP contribution is -2.67. The Balaban J connectivity index is 1.86. The van der Waals surface area contributed by atoms with Crippen LogP contribution >= 0.6 is 0 Å². The molecule has 0 radical (unpaired) electrons. The van der Waals surface area contributed by atoms with E-state index in [-0.39, 0.29) is 11.7 Å². The van der Waals surface area contributed by atoms with Crippen LogP contribution in [0.2, 0.25) is 0 Å². The minimum absolute atomic E-state index is 0.172. The summed E-state index contributed by atoms with van der Waals surface area (Å²) in [5, 5.41) is 3.38. The van der Waals surface area contributed by atoms with Crippen LogP contribution in [-0.4, -0.2) is 41.8 Å². The summed E-state index contributed by atoms with van der Waals surface area (Å²) in [5.74, 6) is 0. The summed E-state index contributed by atoms with van der Waals surface area (Å²) in [6.45, 7) is 7.28. The molecule has 0 aliphatic carbocycles. The van der Waals surface area contributed by atoms with Crippen LogP contribution in [0.1, 0.15) is 27.2 Å². The molecule has 80 valence electrons. The van der Waals surface area contributed by atoms with Gasteiger partial charge in [0.2, 0.25) is 0 Å². The lowest BCUT2D eigenvalue weighted by molar-refractivity contribution is 0.00109. The smallest absolute Gasteiger partial charge is 0.410 e. The van der Waals surface area contributed by atoms with E-state index in [0.29, 0.717) is 12.1 Å². The molecule has 14 heavy (non-hydrogen) atoms. The molecule has 4 heteroatoms. The number of nitrogens with zero attached hydrogens (tertiary/aromatic N) is 1. The van der Waals surface area contributed by atoms with Crippen LogP contribution in [-0.2, 0) is 4.74 Å². The monoisotopic (exact) mass is 198 g/mol. The highest BCUT2D eigenvalue weighted by Crippen LogP contribution is 2.22. The first-order valence-electron chi connectivity index (χ1n) is 5.18. The standard InChI is InChI=1S/C10H18N2O2/c1-10(2,3)14-9(13)12-5-7-4-8(6-12)11-7/h7-8,11H,4-6H2,1-3H3/t7-,8-/m1/s1. The number of hydrogen-bond donors (Lipinski definition) is 1. The third kappa shape index (κ3) is 2.00. The minimum atomic E-state index is -0.383. The topological polar surface area (TPSA) is 41.6 Å². The zero-order valence-electron chi connectivity index (χ0n) is 9.04. The lowest BCUT2D eigenvalue weighted by Gasteiger charge is -2.48. The number of hydrogen-bond acceptors (Lipinski definition) is 3. The Morgan fingerprint density at radius 3 is 2.29 bits per heavy atom. The highest BCUT2D eigenvalue weighted by atomic mass is 16.6. The highest BCUT2D eigenvalue weighted by molar-refractivity contribution is 5.68. The summed E-state index contributed by atoms with van der Waals surface area (Å²) in [7, 11) is 0. The Kier molecular flexibility index (Phi) is 2.18. The fourth-order valence-corrected chi connectivity index (χ4v) is 1.99. The van der Waals surface area contributed by atoms with Crippen LogP contribution in [0.3, 0.4) is 0 Å². The number of carbonyl (C=O) groups excluding carboxylic acids is 1. The van der Waals surface area contributed by atoms with E-state index in [2.05, 4.69) is 5.32 Å². The van der Waals surface area contributed by atoms with Crippen molar-refractivity contribution in [2.45, 2.75) is 44.9 Å². The molecule has 0 unspecified atom stereocenters. The number of carbonyl (C=O) groups is 1. The lowest BCUT2D eigenvalue weighted by atomic mass is 9.92. The molecule has 3 rings (SSSR count). The van der Waals surface area contributed by atoms with Crippen molar-refractivity contribution in [2.24, 2.45) is 0 Å². The van der Waals surface area contributed by atoms with E-state index in [1.807, 2.05) is 20.8 Å². The zero-order valence-corrected chi connectivity index (χ0v) is 9.04. The molecule has 0 aromatic carbocycles. The van der Waals surface area contributed by atoms with E-state index in [9.17, 15) is 4.79 Å². The Hall–Kier alpha value is -0.770. The van der Waals surface area contributed by atoms with Crippen molar-refractivity contribution in [1.82, 2.24) is 10.2 Å². The van der Waals surface area contributed by atoms with E-state index < -0.39 is 0 Å². The Bertz CT molecular complexity index is 231. The first-order chi connectivity index (χ1) is 6.44. The number of amides is 1. The fraction of sp³-hybridized carbons (Fsp3) is 0.900. The van der Waals surface area contributed by atoms with E-state index >= 15 is 0 Å². The number of piperidine rings is 1. The van der Waals surface area contributed by atoms with Crippen molar-refractivity contribution >= 4 is 6.09 Å². The highest BCUT2D eigenvalue weighted by Gasteiger charge is 2.39. The van der Waals surface area contributed by atoms with Crippen LogP contribution in [0.4, 0.5) is 4.79 Å². The molecule has 0 aromatic heterocycles. The van der Waals surface area contributed by atoms with Crippen LogP contribution in [0.25, 0.3) is 0 Å². The molecule has 0 saturated carbocycles. The molecule has 3 aliphatic heterocycles. The molecule has 3 heterocycles. The van der Waals surface area contributed by atoms with Crippen molar-refractivity contribution < 1.29 is 9.53 Å². The summed E-state index contributed by atoms with van der Waals surface area (Å²) in [6, 6.07) is 1.00. The van der Waals surface area contributed by atoms with Gasteiger partial charge in [0.15, 0.2) is 0 Å². The second-order valence-corrected chi connectivity index (χ2v) is 5.18. The number of nitrogens with one attached hydrogen (secondary N) is 1. The van der Waals surface area contributed by atoms with Gasteiger partial charge in [0.1, 0.15) is 5.60 Å². The first kappa shape index (κ1) is 9.77. The fourth-order valence-electron chi connectivity index (χ4n) is 1.99. The van der Waals surface area contributed by atoms with Gasteiger partial charge in [-0.2, -0.15) is 0 Å². The molecule has 0 aromatic rings. The molecule has 1 amide bonds. The van der Waals surface area contributed by atoms with E-state index in [1.54, 1.807) is 4.90 Å². The maximum absolute atomic E-state index is 11.7. The molecular formula is C10H18N2O2. The normalized spacial score (nSPS) is 30.9. The van der Waals surface area contributed by atoms with Gasteiger partial charge in [-0.25, -0.2) is 4.79 Å². The second-order valence-electron chi connectivity index (χ2n) is 5.18. The summed E-state index contributed by atoms with van der Waals surface area (Å²) in [6.07, 6.45) is 1.04. The van der Waals surface area contributed by atoms with Crippen molar-refractivity contribution in [3.05, 3.63) is 0 Å². The first-order valence-corrected chi connectivity index (χ1v) is 5.18. The molecular weight excluding hydrogens is 180 g/mol. The Labute approximate surface area is 84.6 Å². The average molecular weight is 198 g/mol. The quantitative estimate of drug-likeness (QED) is 0.630.